The first-order chi connectivity index (χ1) is 28.4. The van der Waals surface area contributed by atoms with Crippen LogP contribution in [0.2, 0.25) is 0 Å². The summed E-state index contributed by atoms with van der Waals surface area (Å²) in [6, 6.07) is 71.7. The van der Waals surface area contributed by atoms with Crippen molar-refractivity contribution in [2.24, 2.45) is 0 Å². The van der Waals surface area contributed by atoms with E-state index in [-0.39, 0.29) is 5.41 Å². The molecular formula is C57H41N. The van der Waals surface area contributed by atoms with E-state index in [1.54, 1.807) is 0 Å². The van der Waals surface area contributed by atoms with Gasteiger partial charge in [0.1, 0.15) is 0 Å². The summed E-state index contributed by atoms with van der Waals surface area (Å²) < 4.78 is 0. The molecular weight excluding hydrogens is 699 g/mol. The van der Waals surface area contributed by atoms with Crippen LogP contribution < -0.4 is 0 Å². The van der Waals surface area contributed by atoms with Crippen LogP contribution in [-0.2, 0) is 5.41 Å². The fourth-order valence-electron chi connectivity index (χ4n) is 9.13. The van der Waals surface area contributed by atoms with Crippen molar-refractivity contribution in [1.29, 1.82) is 0 Å². The summed E-state index contributed by atoms with van der Waals surface area (Å²) in [5.74, 6) is 0. The van der Waals surface area contributed by atoms with E-state index in [1.165, 1.54) is 98.2 Å². The van der Waals surface area contributed by atoms with E-state index in [0.29, 0.717) is 0 Å². The monoisotopic (exact) mass is 739 g/mol. The molecule has 0 radical (unpaired) electrons. The minimum Gasteiger partial charge on any atom is -0.247 e. The van der Waals surface area contributed by atoms with Gasteiger partial charge in [0, 0.05) is 16.3 Å². The van der Waals surface area contributed by atoms with Crippen LogP contribution >= 0.6 is 0 Å². The van der Waals surface area contributed by atoms with Gasteiger partial charge in [0.05, 0.1) is 11.2 Å². The lowest BCUT2D eigenvalue weighted by Gasteiger charge is -2.23. The second-order valence-corrected chi connectivity index (χ2v) is 16.7. The Labute approximate surface area is 338 Å². The second kappa shape index (κ2) is 13.3. The smallest absolute Gasteiger partial charge is 0.0788 e. The SMILES string of the molecule is CC(C)(C)c1ccc2c(-c3ccc4ccccc4c3)c3cc(-c4ccc(-c5nc6ccccc6c6ccccc56)cc4)ccc3c(-c3ccc4ccccc4c3)c2c1. The quantitative estimate of drug-likeness (QED) is 0.129. The molecule has 274 valence electrons. The van der Waals surface area contributed by atoms with Gasteiger partial charge in [0.15, 0.2) is 0 Å². The highest BCUT2D eigenvalue weighted by Crippen LogP contribution is 2.47. The van der Waals surface area contributed by atoms with Crippen LogP contribution in [0.1, 0.15) is 26.3 Å². The fraction of sp³-hybridized carbons (Fsp3) is 0.0702. The maximum atomic E-state index is 5.19. The molecule has 0 bridgehead atoms. The summed E-state index contributed by atoms with van der Waals surface area (Å²) in [5.41, 5.74) is 11.8. The van der Waals surface area contributed by atoms with Gasteiger partial charge in [-0.05, 0) is 123 Å². The summed E-state index contributed by atoms with van der Waals surface area (Å²) in [4.78, 5) is 5.19. The van der Waals surface area contributed by atoms with Crippen molar-refractivity contribution < 1.29 is 0 Å². The van der Waals surface area contributed by atoms with Crippen molar-refractivity contribution in [3.05, 3.63) is 200 Å². The van der Waals surface area contributed by atoms with Crippen LogP contribution in [-0.4, -0.2) is 4.98 Å². The molecule has 58 heavy (non-hydrogen) atoms. The van der Waals surface area contributed by atoms with E-state index in [0.717, 1.165) is 16.8 Å². The van der Waals surface area contributed by atoms with E-state index in [9.17, 15) is 0 Å². The van der Waals surface area contributed by atoms with Crippen molar-refractivity contribution in [3.63, 3.8) is 0 Å². The number of benzene rings is 10. The number of hydrogen-bond acceptors (Lipinski definition) is 1. The number of nitrogens with zero attached hydrogens (tertiary/aromatic N) is 1. The largest absolute Gasteiger partial charge is 0.247 e. The average Bonchev–Trinajstić information content (AvgIpc) is 3.27. The summed E-state index contributed by atoms with van der Waals surface area (Å²) in [7, 11) is 0. The van der Waals surface area contributed by atoms with Gasteiger partial charge in [-0.25, -0.2) is 4.98 Å². The molecule has 0 aliphatic rings. The first kappa shape index (κ1) is 34.2. The molecule has 0 saturated heterocycles. The zero-order valence-corrected chi connectivity index (χ0v) is 32.9. The Bertz CT molecular complexity index is 3420. The Morgan fingerprint density at radius 2 is 0.793 bits per heavy atom. The van der Waals surface area contributed by atoms with Crippen molar-refractivity contribution >= 4 is 64.8 Å². The second-order valence-electron chi connectivity index (χ2n) is 16.7. The zero-order chi connectivity index (χ0) is 39.0. The molecule has 1 aromatic heterocycles. The van der Waals surface area contributed by atoms with E-state index in [2.05, 4.69) is 215 Å². The lowest BCUT2D eigenvalue weighted by molar-refractivity contribution is 0.591. The third-order valence-electron chi connectivity index (χ3n) is 12.2. The first-order valence-electron chi connectivity index (χ1n) is 20.3. The Hall–Kier alpha value is -7.09. The Balaban J connectivity index is 1.16. The van der Waals surface area contributed by atoms with E-state index < -0.39 is 0 Å². The van der Waals surface area contributed by atoms with Crippen LogP contribution in [0.15, 0.2) is 194 Å². The zero-order valence-electron chi connectivity index (χ0n) is 32.9. The summed E-state index contributed by atoms with van der Waals surface area (Å²) >= 11 is 0. The number of pyridine rings is 1. The van der Waals surface area contributed by atoms with Gasteiger partial charge in [-0.15, -0.1) is 0 Å². The van der Waals surface area contributed by atoms with Gasteiger partial charge < -0.3 is 0 Å². The van der Waals surface area contributed by atoms with Crippen molar-refractivity contribution in [2.45, 2.75) is 26.2 Å². The lowest BCUT2D eigenvalue weighted by Crippen LogP contribution is -2.10. The molecule has 0 amide bonds. The molecule has 10 aromatic carbocycles. The summed E-state index contributed by atoms with van der Waals surface area (Å²) in [5, 5.41) is 13.6. The first-order valence-corrected chi connectivity index (χ1v) is 20.3. The molecule has 0 spiro atoms. The molecule has 0 atom stereocenters. The maximum Gasteiger partial charge on any atom is 0.0788 e. The molecule has 1 heteroatoms. The predicted octanol–water partition coefficient (Wildman–Crippen LogP) is 16.0. The number of fused-ring (bicyclic) bond motifs is 7. The van der Waals surface area contributed by atoms with Gasteiger partial charge in [0.2, 0.25) is 0 Å². The molecule has 0 unspecified atom stereocenters. The summed E-state index contributed by atoms with van der Waals surface area (Å²) in [6.07, 6.45) is 0. The van der Waals surface area contributed by atoms with E-state index >= 15 is 0 Å². The molecule has 0 fully saturated rings. The minimum absolute atomic E-state index is 0.00239. The lowest BCUT2D eigenvalue weighted by atomic mass is 9.80. The van der Waals surface area contributed by atoms with Gasteiger partial charge in [0.25, 0.3) is 0 Å². The number of aromatic nitrogens is 1. The Kier molecular flexibility index (Phi) is 7.81. The minimum atomic E-state index is -0.00239. The molecule has 0 saturated carbocycles. The molecule has 0 aliphatic heterocycles. The fourth-order valence-corrected chi connectivity index (χ4v) is 9.13. The number of rotatable bonds is 4. The molecule has 0 N–H and O–H groups in total. The normalized spacial score (nSPS) is 12.1. The third-order valence-corrected chi connectivity index (χ3v) is 12.2. The molecule has 0 aliphatic carbocycles. The Morgan fingerprint density at radius 3 is 1.43 bits per heavy atom. The van der Waals surface area contributed by atoms with E-state index in [4.69, 9.17) is 4.98 Å². The Morgan fingerprint density at radius 1 is 0.310 bits per heavy atom. The number of hydrogen-bond donors (Lipinski definition) is 0. The summed E-state index contributed by atoms with van der Waals surface area (Å²) in [6.45, 7) is 6.93. The molecule has 1 nitrogen and oxygen atoms in total. The highest BCUT2D eigenvalue weighted by atomic mass is 14.7. The highest BCUT2D eigenvalue weighted by molar-refractivity contribution is 6.23. The highest BCUT2D eigenvalue weighted by Gasteiger charge is 2.22. The van der Waals surface area contributed by atoms with Crippen LogP contribution in [0.5, 0.6) is 0 Å². The van der Waals surface area contributed by atoms with Crippen LogP contribution in [0, 0.1) is 0 Å². The standard InChI is InChI=1S/C57H41N/c1-57(2,3)45-29-31-49-52(35-45)55(44-27-23-37-13-5-7-15-41(37)33-44)48-30-28-42(34-51(48)54(49)43-26-22-36-12-4-6-14-40(36)32-43)38-20-24-39(25-21-38)56-50-18-9-8-16-46(50)47-17-10-11-19-53(47)58-56/h4-35H,1-3H3. The van der Waals surface area contributed by atoms with Crippen LogP contribution in [0.3, 0.4) is 0 Å². The van der Waals surface area contributed by atoms with Gasteiger partial charge in [-0.3, -0.25) is 0 Å². The molecule has 11 aromatic rings. The van der Waals surface area contributed by atoms with Crippen molar-refractivity contribution in [1.82, 2.24) is 4.98 Å². The van der Waals surface area contributed by atoms with Crippen LogP contribution in [0.25, 0.3) is 109 Å². The third kappa shape index (κ3) is 5.65. The van der Waals surface area contributed by atoms with Crippen LogP contribution in [0.4, 0.5) is 0 Å². The maximum absolute atomic E-state index is 5.19. The van der Waals surface area contributed by atoms with Gasteiger partial charge >= 0.3 is 0 Å². The van der Waals surface area contributed by atoms with Crippen molar-refractivity contribution in [3.8, 4) is 44.6 Å². The van der Waals surface area contributed by atoms with Gasteiger partial charge in [-0.1, -0.05) is 185 Å². The molecule has 1 heterocycles. The van der Waals surface area contributed by atoms with Gasteiger partial charge in [-0.2, -0.15) is 0 Å². The van der Waals surface area contributed by atoms with E-state index in [1.807, 2.05) is 0 Å². The average molecular weight is 740 g/mol. The van der Waals surface area contributed by atoms with Crippen molar-refractivity contribution in [2.75, 3.05) is 0 Å². The molecule has 11 rings (SSSR count). The predicted molar refractivity (Wildman–Crippen MR) is 250 cm³/mol. The topological polar surface area (TPSA) is 12.9 Å². The number of para-hydroxylation sites is 1.